The van der Waals surface area contributed by atoms with E-state index in [0.29, 0.717) is 19.5 Å². The van der Waals surface area contributed by atoms with Crippen LogP contribution in [0.4, 0.5) is 0 Å². The fraction of sp³-hybridized carbons (Fsp3) is 0.130. The van der Waals surface area contributed by atoms with Gasteiger partial charge in [-0.1, -0.05) is 84.7 Å². The molecule has 0 aliphatic rings. The van der Waals surface area contributed by atoms with E-state index in [0.717, 1.165) is 5.56 Å². The van der Waals surface area contributed by atoms with Crippen molar-refractivity contribution in [3.8, 4) is 0 Å². The molecular formula is C23H19BO. The molecule has 2 radical (unpaired) electrons. The summed E-state index contributed by atoms with van der Waals surface area (Å²) in [5.41, 5.74) is 3.57. The van der Waals surface area contributed by atoms with Crippen LogP contribution in [-0.4, -0.2) is 7.85 Å². The molecule has 0 amide bonds. The summed E-state index contributed by atoms with van der Waals surface area (Å²) in [6, 6.07) is 27.6. The molecule has 0 aromatic heterocycles. The van der Waals surface area contributed by atoms with Crippen molar-refractivity contribution < 1.29 is 4.74 Å². The van der Waals surface area contributed by atoms with Crippen molar-refractivity contribution in [2.45, 2.75) is 19.5 Å². The van der Waals surface area contributed by atoms with Crippen LogP contribution in [0.3, 0.4) is 0 Å². The van der Waals surface area contributed by atoms with Crippen LogP contribution in [0.1, 0.15) is 16.7 Å². The normalized spacial score (nSPS) is 11.2. The average Bonchev–Trinajstić information content (AvgIpc) is 2.68. The van der Waals surface area contributed by atoms with E-state index >= 15 is 0 Å². The number of fused-ring (bicyclic) bond motifs is 2. The fourth-order valence-electron chi connectivity index (χ4n) is 3.31. The molecular weight excluding hydrogens is 303 g/mol. The third-order valence-electron chi connectivity index (χ3n) is 4.66. The lowest BCUT2D eigenvalue weighted by Gasteiger charge is -2.12. The second kappa shape index (κ2) is 7.12. The van der Waals surface area contributed by atoms with Gasteiger partial charge in [-0.15, -0.1) is 0 Å². The summed E-state index contributed by atoms with van der Waals surface area (Å²) >= 11 is 0. The third-order valence-corrected chi connectivity index (χ3v) is 4.66. The van der Waals surface area contributed by atoms with Crippen LogP contribution in [-0.2, 0) is 24.3 Å². The summed E-state index contributed by atoms with van der Waals surface area (Å²) in [7, 11) is 5.65. The molecule has 0 aliphatic carbocycles. The number of hydrogen-bond donors (Lipinski definition) is 0. The van der Waals surface area contributed by atoms with Crippen LogP contribution < -0.4 is 0 Å². The van der Waals surface area contributed by atoms with Gasteiger partial charge in [0.2, 0.25) is 0 Å². The summed E-state index contributed by atoms with van der Waals surface area (Å²) in [6.07, 6.45) is 0.573. The maximum Gasteiger partial charge on any atom is 0.0733 e. The highest BCUT2D eigenvalue weighted by atomic mass is 16.5. The van der Waals surface area contributed by atoms with E-state index in [1.165, 1.54) is 32.7 Å². The number of ether oxygens (including phenoxy) is 1. The Morgan fingerprint density at radius 3 is 1.80 bits per heavy atom. The van der Waals surface area contributed by atoms with Crippen molar-refractivity contribution >= 4 is 29.4 Å². The van der Waals surface area contributed by atoms with Crippen molar-refractivity contribution in [1.82, 2.24) is 0 Å². The molecule has 0 fully saturated rings. The van der Waals surface area contributed by atoms with Crippen molar-refractivity contribution in [2.24, 2.45) is 0 Å². The number of hydrogen-bond acceptors (Lipinski definition) is 1. The molecule has 0 saturated carbocycles. The molecule has 25 heavy (non-hydrogen) atoms. The molecule has 0 aliphatic heterocycles. The van der Waals surface area contributed by atoms with Crippen LogP contribution in [0.15, 0.2) is 78.9 Å². The highest BCUT2D eigenvalue weighted by Crippen LogP contribution is 2.29. The quantitative estimate of drug-likeness (QED) is 0.354. The van der Waals surface area contributed by atoms with Gasteiger partial charge in [0.05, 0.1) is 21.1 Å². The van der Waals surface area contributed by atoms with Crippen LogP contribution in [0, 0.1) is 0 Å². The van der Waals surface area contributed by atoms with E-state index in [1.54, 1.807) is 0 Å². The van der Waals surface area contributed by atoms with E-state index < -0.39 is 0 Å². The Morgan fingerprint density at radius 2 is 1.20 bits per heavy atom. The topological polar surface area (TPSA) is 9.23 Å². The Balaban J connectivity index is 1.62. The predicted octanol–water partition coefficient (Wildman–Crippen LogP) is 5.38. The minimum Gasteiger partial charge on any atom is -0.372 e. The van der Waals surface area contributed by atoms with Gasteiger partial charge in [-0.3, -0.25) is 0 Å². The van der Waals surface area contributed by atoms with E-state index in [2.05, 4.69) is 78.9 Å². The van der Waals surface area contributed by atoms with Crippen LogP contribution in [0.5, 0.6) is 0 Å². The SMILES string of the molecule is [B]Cc1ccc(COCc2c3ccccc3cc3ccccc23)cc1. The molecule has 0 heterocycles. The minimum atomic E-state index is 0.573. The van der Waals surface area contributed by atoms with Gasteiger partial charge in [-0.2, -0.15) is 0 Å². The Kier molecular flexibility index (Phi) is 4.54. The van der Waals surface area contributed by atoms with Gasteiger partial charge in [0.25, 0.3) is 0 Å². The standard InChI is InChI=1S/C23H19BO/c24-14-17-9-11-18(12-10-17)15-25-16-23-21-7-3-1-5-19(21)13-20-6-2-4-8-22(20)23/h1-13H,14-16H2. The van der Waals surface area contributed by atoms with E-state index in [9.17, 15) is 0 Å². The van der Waals surface area contributed by atoms with E-state index in [4.69, 9.17) is 12.6 Å². The molecule has 0 bridgehead atoms. The third kappa shape index (κ3) is 3.31. The summed E-state index contributed by atoms with van der Waals surface area (Å²) in [4.78, 5) is 0. The Bertz CT molecular complexity index is 951. The Morgan fingerprint density at radius 1 is 0.640 bits per heavy atom. The summed E-state index contributed by atoms with van der Waals surface area (Å²) < 4.78 is 6.06. The van der Waals surface area contributed by atoms with Gasteiger partial charge >= 0.3 is 0 Å². The zero-order valence-corrected chi connectivity index (χ0v) is 14.1. The second-order valence-corrected chi connectivity index (χ2v) is 6.31. The van der Waals surface area contributed by atoms with Crippen LogP contribution in [0.25, 0.3) is 21.5 Å². The maximum absolute atomic E-state index is 6.06. The van der Waals surface area contributed by atoms with E-state index in [1.807, 2.05) is 0 Å². The van der Waals surface area contributed by atoms with Gasteiger partial charge in [0.1, 0.15) is 0 Å². The van der Waals surface area contributed by atoms with E-state index in [-0.39, 0.29) is 0 Å². The monoisotopic (exact) mass is 322 g/mol. The molecule has 0 unspecified atom stereocenters. The molecule has 1 nitrogen and oxygen atoms in total. The number of rotatable bonds is 5. The molecule has 120 valence electrons. The zero-order chi connectivity index (χ0) is 17.1. The second-order valence-electron chi connectivity index (χ2n) is 6.31. The van der Waals surface area contributed by atoms with Gasteiger partial charge in [0.15, 0.2) is 0 Å². The summed E-state index contributed by atoms with van der Waals surface area (Å²) in [6.45, 7) is 1.20. The number of benzene rings is 4. The Labute approximate surface area is 149 Å². The van der Waals surface area contributed by atoms with Gasteiger partial charge < -0.3 is 4.74 Å². The average molecular weight is 322 g/mol. The van der Waals surface area contributed by atoms with Crippen molar-refractivity contribution in [3.63, 3.8) is 0 Å². The van der Waals surface area contributed by atoms with Crippen molar-refractivity contribution in [1.29, 1.82) is 0 Å². The largest absolute Gasteiger partial charge is 0.372 e. The minimum absolute atomic E-state index is 0.573. The van der Waals surface area contributed by atoms with Gasteiger partial charge in [-0.05, 0) is 38.7 Å². The molecule has 0 saturated heterocycles. The smallest absolute Gasteiger partial charge is 0.0733 e. The molecule has 0 N–H and O–H groups in total. The fourth-order valence-corrected chi connectivity index (χ4v) is 3.31. The van der Waals surface area contributed by atoms with Crippen LogP contribution in [0.2, 0.25) is 0 Å². The van der Waals surface area contributed by atoms with Crippen molar-refractivity contribution in [2.75, 3.05) is 0 Å². The summed E-state index contributed by atoms with van der Waals surface area (Å²) in [5.74, 6) is 0. The first-order valence-electron chi connectivity index (χ1n) is 8.60. The lowest BCUT2D eigenvalue weighted by atomic mass is 9.96. The zero-order valence-electron chi connectivity index (χ0n) is 14.1. The first kappa shape index (κ1) is 15.9. The first-order chi connectivity index (χ1) is 12.3. The lowest BCUT2D eigenvalue weighted by Crippen LogP contribution is -1.97. The molecule has 4 aromatic rings. The highest BCUT2D eigenvalue weighted by Gasteiger charge is 2.07. The van der Waals surface area contributed by atoms with Crippen LogP contribution >= 0.6 is 0 Å². The maximum atomic E-state index is 6.06. The first-order valence-corrected chi connectivity index (χ1v) is 8.60. The van der Waals surface area contributed by atoms with Crippen molar-refractivity contribution in [3.05, 3.63) is 95.6 Å². The molecule has 2 heteroatoms. The molecule has 4 rings (SSSR count). The molecule has 4 aromatic carbocycles. The Hall–Kier alpha value is -2.58. The van der Waals surface area contributed by atoms with Gasteiger partial charge in [0, 0.05) is 0 Å². The summed E-state index contributed by atoms with van der Waals surface area (Å²) in [5, 5.41) is 5.04. The molecule has 0 atom stereocenters. The van der Waals surface area contributed by atoms with Gasteiger partial charge in [-0.25, -0.2) is 0 Å². The molecule has 0 spiro atoms. The lowest BCUT2D eigenvalue weighted by molar-refractivity contribution is 0.109. The highest BCUT2D eigenvalue weighted by molar-refractivity contribution is 6.08. The predicted molar refractivity (Wildman–Crippen MR) is 106 cm³/mol.